The zero-order valence-electron chi connectivity index (χ0n) is 8.57. The maximum Gasteiger partial charge on any atom is 0.304 e. The molecule has 80 valence electrons. The largest absolute Gasteiger partial charge is 0.481 e. The number of aliphatic carboxylic acids is 1. The Morgan fingerprint density at radius 3 is 2.47 bits per heavy atom. The Morgan fingerprint density at radius 1 is 1.33 bits per heavy atom. The second-order valence-corrected chi connectivity index (χ2v) is 3.97. The topological polar surface area (TPSA) is 49.3 Å². The molecule has 2 rings (SSSR count). The molecule has 0 aliphatic heterocycles. The maximum absolute atomic E-state index is 10.4. The second kappa shape index (κ2) is 4.45. The van der Waals surface area contributed by atoms with Gasteiger partial charge in [0.05, 0.1) is 6.42 Å². The Labute approximate surface area is 89.1 Å². The predicted molar refractivity (Wildman–Crippen MR) is 57.9 cm³/mol. The smallest absolute Gasteiger partial charge is 0.304 e. The predicted octanol–water partition coefficient (Wildman–Crippen LogP) is 1.22. The molecule has 0 atom stereocenters. The summed E-state index contributed by atoms with van der Waals surface area (Å²) in [7, 11) is 0. The molecule has 15 heavy (non-hydrogen) atoms. The normalized spacial score (nSPS) is 15.2. The molecule has 0 heterocycles. The number of rotatable bonds is 4. The van der Waals surface area contributed by atoms with Gasteiger partial charge in [-0.1, -0.05) is 24.3 Å². The molecule has 2 N–H and O–H groups in total. The summed E-state index contributed by atoms with van der Waals surface area (Å²) in [6.45, 7) is 0.563. The van der Waals surface area contributed by atoms with Crippen LogP contribution >= 0.6 is 0 Å². The summed E-state index contributed by atoms with van der Waals surface area (Å²) < 4.78 is 0. The molecular weight excluding hydrogens is 190 g/mol. The molecule has 0 bridgehead atoms. The lowest BCUT2D eigenvalue weighted by Crippen LogP contribution is -2.31. The summed E-state index contributed by atoms with van der Waals surface area (Å²) in [5.74, 6) is -0.738. The van der Waals surface area contributed by atoms with Gasteiger partial charge in [0.2, 0.25) is 0 Å². The summed E-state index contributed by atoms with van der Waals surface area (Å²) in [5.41, 5.74) is 2.79. The summed E-state index contributed by atoms with van der Waals surface area (Å²) in [5, 5.41) is 11.8. The van der Waals surface area contributed by atoms with Gasteiger partial charge in [-0.15, -0.1) is 0 Å². The van der Waals surface area contributed by atoms with E-state index in [1.165, 1.54) is 11.1 Å². The molecule has 1 aliphatic carbocycles. The molecule has 0 spiro atoms. The van der Waals surface area contributed by atoms with E-state index < -0.39 is 5.97 Å². The van der Waals surface area contributed by atoms with Crippen LogP contribution in [0.15, 0.2) is 24.3 Å². The number of nitrogens with one attached hydrogen (secondary N) is 1. The van der Waals surface area contributed by atoms with E-state index in [0.717, 1.165) is 12.8 Å². The summed E-state index contributed by atoms with van der Waals surface area (Å²) in [6.07, 6.45) is 2.25. The van der Waals surface area contributed by atoms with Crippen molar-refractivity contribution in [3.63, 3.8) is 0 Å². The third kappa shape index (κ3) is 2.57. The van der Waals surface area contributed by atoms with Crippen molar-refractivity contribution in [3.05, 3.63) is 35.4 Å². The van der Waals surface area contributed by atoms with E-state index in [2.05, 4.69) is 29.6 Å². The molecule has 0 radical (unpaired) electrons. The lowest BCUT2D eigenvalue weighted by Gasteiger charge is -2.09. The first-order valence-corrected chi connectivity index (χ1v) is 5.27. The number of hydrogen-bond donors (Lipinski definition) is 2. The van der Waals surface area contributed by atoms with E-state index in [0.29, 0.717) is 12.6 Å². The molecule has 0 saturated carbocycles. The Balaban J connectivity index is 1.83. The third-order valence-corrected chi connectivity index (χ3v) is 2.82. The van der Waals surface area contributed by atoms with Crippen LogP contribution in [-0.2, 0) is 17.6 Å². The minimum absolute atomic E-state index is 0.201. The van der Waals surface area contributed by atoms with Gasteiger partial charge in [-0.25, -0.2) is 0 Å². The van der Waals surface area contributed by atoms with Gasteiger partial charge >= 0.3 is 5.97 Å². The van der Waals surface area contributed by atoms with Crippen LogP contribution in [0.1, 0.15) is 17.5 Å². The Kier molecular flexibility index (Phi) is 3.02. The zero-order valence-corrected chi connectivity index (χ0v) is 8.57. The molecular formula is C12H15NO2. The maximum atomic E-state index is 10.4. The fraction of sp³-hybridized carbons (Fsp3) is 0.417. The van der Waals surface area contributed by atoms with Crippen molar-refractivity contribution in [1.29, 1.82) is 0 Å². The van der Waals surface area contributed by atoms with E-state index in [-0.39, 0.29) is 6.42 Å². The highest BCUT2D eigenvalue weighted by atomic mass is 16.4. The van der Waals surface area contributed by atoms with Gasteiger partial charge in [-0.05, 0) is 24.0 Å². The van der Waals surface area contributed by atoms with Crippen LogP contribution in [-0.4, -0.2) is 23.7 Å². The van der Waals surface area contributed by atoms with Crippen LogP contribution in [0.2, 0.25) is 0 Å². The summed E-state index contributed by atoms with van der Waals surface area (Å²) in [4.78, 5) is 10.4. The van der Waals surface area contributed by atoms with E-state index in [1.54, 1.807) is 0 Å². The first-order chi connectivity index (χ1) is 7.25. The highest BCUT2D eigenvalue weighted by Crippen LogP contribution is 2.21. The average Bonchev–Trinajstić information content (AvgIpc) is 2.59. The molecule has 1 aromatic rings. The van der Waals surface area contributed by atoms with Crippen molar-refractivity contribution in [1.82, 2.24) is 5.32 Å². The van der Waals surface area contributed by atoms with Crippen molar-refractivity contribution in [3.8, 4) is 0 Å². The lowest BCUT2D eigenvalue weighted by atomic mass is 10.1. The number of carboxylic acid groups (broad SMARTS) is 1. The van der Waals surface area contributed by atoms with Crippen LogP contribution in [0.5, 0.6) is 0 Å². The van der Waals surface area contributed by atoms with Crippen molar-refractivity contribution >= 4 is 5.97 Å². The Hall–Kier alpha value is -1.35. The van der Waals surface area contributed by atoms with Gasteiger partial charge in [-0.3, -0.25) is 4.79 Å². The van der Waals surface area contributed by atoms with E-state index in [4.69, 9.17) is 5.11 Å². The first kappa shape index (κ1) is 10.2. The zero-order chi connectivity index (χ0) is 10.7. The van der Waals surface area contributed by atoms with Crippen molar-refractivity contribution in [2.45, 2.75) is 25.3 Å². The minimum Gasteiger partial charge on any atom is -0.481 e. The number of benzene rings is 1. The molecule has 0 unspecified atom stereocenters. The SMILES string of the molecule is O=C(O)CCNC1Cc2ccccc2C1. The molecule has 1 aliphatic rings. The fourth-order valence-electron chi connectivity index (χ4n) is 2.09. The van der Waals surface area contributed by atoms with E-state index >= 15 is 0 Å². The first-order valence-electron chi connectivity index (χ1n) is 5.27. The van der Waals surface area contributed by atoms with Gasteiger partial charge < -0.3 is 10.4 Å². The molecule has 0 aromatic heterocycles. The van der Waals surface area contributed by atoms with Crippen molar-refractivity contribution in [2.24, 2.45) is 0 Å². The van der Waals surface area contributed by atoms with Crippen LogP contribution < -0.4 is 5.32 Å². The van der Waals surface area contributed by atoms with Crippen LogP contribution in [0.3, 0.4) is 0 Å². The van der Waals surface area contributed by atoms with Crippen molar-refractivity contribution in [2.75, 3.05) is 6.54 Å². The standard InChI is InChI=1S/C12H15NO2/c14-12(15)5-6-13-11-7-9-3-1-2-4-10(9)8-11/h1-4,11,13H,5-8H2,(H,14,15). The van der Waals surface area contributed by atoms with Gasteiger partial charge in [-0.2, -0.15) is 0 Å². The Morgan fingerprint density at radius 2 is 1.93 bits per heavy atom. The number of hydrogen-bond acceptors (Lipinski definition) is 2. The summed E-state index contributed by atoms with van der Waals surface area (Å²) in [6, 6.07) is 8.82. The molecule has 0 amide bonds. The Bertz CT molecular complexity index is 337. The quantitative estimate of drug-likeness (QED) is 0.777. The fourth-order valence-corrected chi connectivity index (χ4v) is 2.09. The summed E-state index contributed by atoms with van der Waals surface area (Å²) >= 11 is 0. The molecule has 0 fully saturated rings. The number of carbonyl (C=O) groups is 1. The molecule has 1 aromatic carbocycles. The number of fused-ring (bicyclic) bond motifs is 1. The van der Waals surface area contributed by atoms with Crippen LogP contribution in [0, 0.1) is 0 Å². The monoisotopic (exact) mass is 205 g/mol. The van der Waals surface area contributed by atoms with E-state index in [9.17, 15) is 4.79 Å². The van der Waals surface area contributed by atoms with Gasteiger partial charge in [0.1, 0.15) is 0 Å². The van der Waals surface area contributed by atoms with Gasteiger partial charge in [0.15, 0.2) is 0 Å². The van der Waals surface area contributed by atoms with Gasteiger partial charge in [0.25, 0.3) is 0 Å². The second-order valence-electron chi connectivity index (χ2n) is 3.97. The average molecular weight is 205 g/mol. The lowest BCUT2D eigenvalue weighted by molar-refractivity contribution is -0.136. The highest BCUT2D eigenvalue weighted by molar-refractivity contribution is 5.66. The third-order valence-electron chi connectivity index (χ3n) is 2.82. The van der Waals surface area contributed by atoms with Gasteiger partial charge in [0, 0.05) is 12.6 Å². The molecule has 3 heteroatoms. The highest BCUT2D eigenvalue weighted by Gasteiger charge is 2.19. The molecule has 3 nitrogen and oxygen atoms in total. The number of carboxylic acids is 1. The van der Waals surface area contributed by atoms with E-state index in [1.807, 2.05) is 0 Å². The van der Waals surface area contributed by atoms with Crippen LogP contribution in [0.25, 0.3) is 0 Å². The van der Waals surface area contributed by atoms with Crippen LogP contribution in [0.4, 0.5) is 0 Å². The van der Waals surface area contributed by atoms with Crippen molar-refractivity contribution < 1.29 is 9.90 Å². The minimum atomic E-state index is -0.738. The molecule has 0 saturated heterocycles.